The van der Waals surface area contributed by atoms with E-state index in [1.54, 1.807) is 6.92 Å². The Hall–Kier alpha value is -1.97. The minimum absolute atomic E-state index is 0.0129. The van der Waals surface area contributed by atoms with Gasteiger partial charge in [-0.1, -0.05) is 0 Å². The molecule has 1 amide bonds. The van der Waals surface area contributed by atoms with Crippen molar-refractivity contribution in [1.29, 1.82) is 0 Å². The van der Waals surface area contributed by atoms with Gasteiger partial charge in [-0.15, -0.1) is 0 Å². The van der Waals surface area contributed by atoms with Crippen molar-refractivity contribution in [2.24, 2.45) is 0 Å². The van der Waals surface area contributed by atoms with E-state index < -0.39 is 36.2 Å². The van der Waals surface area contributed by atoms with Gasteiger partial charge in [-0.05, 0) is 6.92 Å². The molecule has 0 spiro atoms. The van der Waals surface area contributed by atoms with Crippen molar-refractivity contribution in [2.75, 3.05) is 19.8 Å². The average Bonchev–Trinajstić information content (AvgIpc) is 2.89. The summed E-state index contributed by atoms with van der Waals surface area (Å²) >= 11 is 0. The number of aliphatic hydroxyl groups excluding tert-OH is 3. The van der Waals surface area contributed by atoms with E-state index in [1.165, 1.54) is 10.8 Å². The SMILES string of the molecule is CCn1cc([N+](=O)[O-])cc1C(=O)NC(CO)(CO)CO. The van der Waals surface area contributed by atoms with Gasteiger partial charge in [0.25, 0.3) is 11.6 Å². The summed E-state index contributed by atoms with van der Waals surface area (Å²) in [6.45, 7) is 0.0425. The van der Waals surface area contributed by atoms with E-state index in [2.05, 4.69) is 5.32 Å². The van der Waals surface area contributed by atoms with Crippen LogP contribution in [0.4, 0.5) is 5.69 Å². The number of nitro groups is 1. The first-order valence-electron chi connectivity index (χ1n) is 5.92. The third-order valence-corrected chi connectivity index (χ3v) is 2.95. The van der Waals surface area contributed by atoms with E-state index >= 15 is 0 Å². The smallest absolute Gasteiger partial charge is 0.287 e. The summed E-state index contributed by atoms with van der Waals surface area (Å²) in [5.41, 5.74) is -1.80. The summed E-state index contributed by atoms with van der Waals surface area (Å²) in [7, 11) is 0. The summed E-state index contributed by atoms with van der Waals surface area (Å²) in [5, 5.41) is 40.4. The summed E-state index contributed by atoms with van der Waals surface area (Å²) in [6, 6.07) is 1.09. The molecule has 0 saturated carbocycles. The Kier molecular flexibility index (Phi) is 5.19. The minimum Gasteiger partial charge on any atom is -0.394 e. The van der Waals surface area contributed by atoms with E-state index in [4.69, 9.17) is 15.3 Å². The van der Waals surface area contributed by atoms with Gasteiger partial charge in [0.2, 0.25) is 0 Å². The largest absolute Gasteiger partial charge is 0.394 e. The summed E-state index contributed by atoms with van der Waals surface area (Å²) in [6.07, 6.45) is 1.22. The molecule has 0 radical (unpaired) electrons. The lowest BCUT2D eigenvalue weighted by molar-refractivity contribution is -0.384. The van der Waals surface area contributed by atoms with Crippen LogP contribution in [0.5, 0.6) is 0 Å². The number of hydrogen-bond acceptors (Lipinski definition) is 6. The van der Waals surface area contributed by atoms with Crippen molar-refractivity contribution in [3.05, 3.63) is 28.1 Å². The second-order valence-electron chi connectivity index (χ2n) is 4.34. The molecule has 20 heavy (non-hydrogen) atoms. The quantitative estimate of drug-likeness (QED) is 0.369. The molecule has 0 atom stereocenters. The number of nitrogens with zero attached hydrogens (tertiary/aromatic N) is 2. The summed E-state index contributed by atoms with van der Waals surface area (Å²) in [4.78, 5) is 22.1. The van der Waals surface area contributed by atoms with Crippen LogP contribution in [0.1, 0.15) is 17.4 Å². The monoisotopic (exact) mass is 287 g/mol. The van der Waals surface area contributed by atoms with E-state index in [0.717, 1.165) is 6.07 Å². The van der Waals surface area contributed by atoms with Gasteiger partial charge in [-0.25, -0.2) is 0 Å². The van der Waals surface area contributed by atoms with Crippen LogP contribution < -0.4 is 5.32 Å². The van der Waals surface area contributed by atoms with Gasteiger partial charge in [-0.2, -0.15) is 0 Å². The number of aliphatic hydroxyl groups is 3. The molecular formula is C11H17N3O6. The normalized spacial score (nSPS) is 11.4. The van der Waals surface area contributed by atoms with Gasteiger partial charge in [0.05, 0.1) is 30.9 Å². The highest BCUT2D eigenvalue weighted by Crippen LogP contribution is 2.17. The van der Waals surface area contributed by atoms with Gasteiger partial charge in [0.15, 0.2) is 0 Å². The Morgan fingerprint density at radius 2 is 1.95 bits per heavy atom. The first-order valence-corrected chi connectivity index (χ1v) is 5.92. The van der Waals surface area contributed by atoms with Crippen LogP contribution >= 0.6 is 0 Å². The van der Waals surface area contributed by atoms with Gasteiger partial charge >= 0.3 is 0 Å². The molecule has 1 aromatic heterocycles. The molecule has 112 valence electrons. The average molecular weight is 287 g/mol. The second kappa shape index (κ2) is 6.46. The van der Waals surface area contributed by atoms with Gasteiger partial charge in [0, 0.05) is 12.6 Å². The molecule has 0 saturated heterocycles. The fraction of sp³-hybridized carbons (Fsp3) is 0.545. The van der Waals surface area contributed by atoms with E-state index in [1.807, 2.05) is 0 Å². The molecule has 0 aliphatic heterocycles. The van der Waals surface area contributed by atoms with Crippen LogP contribution in [0, 0.1) is 10.1 Å². The molecule has 0 aromatic carbocycles. The molecular weight excluding hydrogens is 270 g/mol. The zero-order valence-electron chi connectivity index (χ0n) is 10.9. The van der Waals surface area contributed by atoms with Crippen molar-refractivity contribution in [1.82, 2.24) is 9.88 Å². The first-order chi connectivity index (χ1) is 9.42. The Balaban J connectivity index is 3.05. The molecule has 9 nitrogen and oxygen atoms in total. The maximum absolute atomic E-state index is 12.1. The van der Waals surface area contributed by atoms with Gasteiger partial charge in [0.1, 0.15) is 11.2 Å². The predicted molar refractivity (Wildman–Crippen MR) is 68.2 cm³/mol. The van der Waals surface area contributed by atoms with Crippen LogP contribution in [0.3, 0.4) is 0 Å². The number of aryl methyl sites for hydroxylation is 1. The van der Waals surface area contributed by atoms with Crippen molar-refractivity contribution < 1.29 is 25.0 Å². The van der Waals surface area contributed by atoms with Crippen LogP contribution in [-0.2, 0) is 6.54 Å². The lowest BCUT2D eigenvalue weighted by Gasteiger charge is -2.28. The number of amides is 1. The Morgan fingerprint density at radius 3 is 2.35 bits per heavy atom. The molecule has 0 aliphatic rings. The van der Waals surface area contributed by atoms with Gasteiger partial charge < -0.3 is 25.2 Å². The molecule has 9 heteroatoms. The van der Waals surface area contributed by atoms with Crippen LogP contribution in [0.2, 0.25) is 0 Å². The van der Waals surface area contributed by atoms with E-state index in [-0.39, 0.29) is 11.4 Å². The topological polar surface area (TPSA) is 138 Å². The van der Waals surface area contributed by atoms with Crippen LogP contribution in [0.25, 0.3) is 0 Å². The predicted octanol–water partition coefficient (Wildman–Crippen LogP) is -1.14. The number of rotatable bonds is 7. The maximum atomic E-state index is 12.1. The van der Waals surface area contributed by atoms with Crippen molar-refractivity contribution >= 4 is 11.6 Å². The molecule has 1 rings (SSSR count). The van der Waals surface area contributed by atoms with Crippen LogP contribution in [-0.4, -0.2) is 56.1 Å². The zero-order chi connectivity index (χ0) is 15.3. The molecule has 1 heterocycles. The van der Waals surface area contributed by atoms with E-state index in [9.17, 15) is 14.9 Å². The maximum Gasteiger partial charge on any atom is 0.287 e. The fourth-order valence-corrected chi connectivity index (χ4v) is 1.62. The number of carbonyl (C=O) groups excluding carboxylic acids is 1. The van der Waals surface area contributed by atoms with Crippen LogP contribution in [0.15, 0.2) is 12.3 Å². The number of carbonyl (C=O) groups is 1. The Morgan fingerprint density at radius 1 is 1.40 bits per heavy atom. The zero-order valence-corrected chi connectivity index (χ0v) is 10.9. The Bertz CT molecular complexity index is 486. The summed E-state index contributed by atoms with van der Waals surface area (Å²) in [5.74, 6) is -0.725. The first kappa shape index (κ1) is 16.1. The lowest BCUT2D eigenvalue weighted by atomic mass is 10.0. The highest BCUT2D eigenvalue weighted by Gasteiger charge is 2.31. The number of nitrogens with one attached hydrogen (secondary N) is 1. The highest BCUT2D eigenvalue weighted by atomic mass is 16.6. The minimum atomic E-state index is -1.57. The van der Waals surface area contributed by atoms with Crippen molar-refractivity contribution in [3.8, 4) is 0 Å². The Labute approximate surface area is 114 Å². The lowest BCUT2D eigenvalue weighted by Crippen LogP contribution is -2.57. The third kappa shape index (κ3) is 3.13. The van der Waals surface area contributed by atoms with Crippen molar-refractivity contribution in [2.45, 2.75) is 19.0 Å². The number of hydrogen-bond donors (Lipinski definition) is 4. The van der Waals surface area contributed by atoms with Gasteiger partial charge in [-0.3, -0.25) is 14.9 Å². The third-order valence-electron chi connectivity index (χ3n) is 2.95. The highest BCUT2D eigenvalue weighted by molar-refractivity contribution is 5.94. The summed E-state index contributed by atoms with van der Waals surface area (Å²) < 4.78 is 1.37. The number of aromatic nitrogens is 1. The second-order valence-corrected chi connectivity index (χ2v) is 4.34. The standard InChI is InChI=1S/C11H17N3O6/c1-2-13-4-8(14(19)20)3-9(13)10(18)12-11(5-15,6-16)7-17/h3-4,15-17H,2,5-7H2,1H3,(H,12,18). The molecule has 0 aliphatic carbocycles. The molecule has 4 N–H and O–H groups in total. The fourth-order valence-electron chi connectivity index (χ4n) is 1.62. The van der Waals surface area contributed by atoms with Crippen molar-refractivity contribution in [3.63, 3.8) is 0 Å². The molecule has 0 unspecified atom stereocenters. The molecule has 0 fully saturated rings. The molecule has 1 aromatic rings. The van der Waals surface area contributed by atoms with E-state index in [0.29, 0.717) is 6.54 Å². The molecule has 0 bridgehead atoms.